The standard InChI is InChI=1S/C25H36F2O/c1-3-5-7-9-20-11-13-22(14-12-20)19-28-24(25(26)27)23-17-15-21(16-18-23)10-8-6-4-2/h3-6,11-14,21,23-25H,7-10,15-19H2,1-2H3/b5-3+,6-4+. The van der Waals surface area contributed by atoms with E-state index >= 15 is 0 Å². The highest BCUT2D eigenvalue weighted by Gasteiger charge is 2.33. The van der Waals surface area contributed by atoms with Crippen LogP contribution in [0.1, 0.15) is 69.9 Å². The molecule has 1 atom stereocenters. The van der Waals surface area contributed by atoms with Gasteiger partial charge in [0.25, 0.3) is 6.43 Å². The van der Waals surface area contributed by atoms with Crippen LogP contribution in [0, 0.1) is 11.8 Å². The molecule has 0 radical (unpaired) electrons. The minimum absolute atomic E-state index is 0.0157. The van der Waals surface area contributed by atoms with E-state index in [2.05, 4.69) is 36.4 Å². The Hall–Kier alpha value is -1.48. The van der Waals surface area contributed by atoms with Crippen molar-refractivity contribution in [2.75, 3.05) is 0 Å². The van der Waals surface area contributed by atoms with Gasteiger partial charge in [0.2, 0.25) is 0 Å². The van der Waals surface area contributed by atoms with E-state index in [1.807, 2.05) is 26.0 Å². The Labute approximate surface area is 169 Å². The summed E-state index contributed by atoms with van der Waals surface area (Å²) in [4.78, 5) is 0. The SMILES string of the molecule is C/C=C/CCc1ccc(COC(C(F)F)C2CCC(CC/C=C/C)CC2)cc1. The van der Waals surface area contributed by atoms with Crippen molar-refractivity contribution >= 4 is 0 Å². The minimum Gasteiger partial charge on any atom is -0.367 e. The first-order valence-electron chi connectivity index (χ1n) is 10.8. The Kier molecular flexibility index (Phi) is 10.5. The molecular weight excluding hydrogens is 354 g/mol. The van der Waals surface area contributed by atoms with Crippen LogP contribution < -0.4 is 0 Å². The van der Waals surface area contributed by atoms with Gasteiger partial charge in [0.1, 0.15) is 6.10 Å². The zero-order chi connectivity index (χ0) is 20.2. The van der Waals surface area contributed by atoms with Gasteiger partial charge in [-0.25, -0.2) is 8.78 Å². The molecule has 1 nitrogen and oxygen atoms in total. The van der Waals surface area contributed by atoms with E-state index in [-0.39, 0.29) is 12.5 Å². The third-order valence-electron chi connectivity index (χ3n) is 5.88. The molecule has 156 valence electrons. The number of alkyl halides is 2. The summed E-state index contributed by atoms with van der Waals surface area (Å²) in [6.45, 7) is 4.33. The molecule has 0 aromatic heterocycles. The molecule has 0 saturated heterocycles. The summed E-state index contributed by atoms with van der Waals surface area (Å²) in [5, 5.41) is 0. The topological polar surface area (TPSA) is 9.23 Å². The average molecular weight is 391 g/mol. The van der Waals surface area contributed by atoms with Gasteiger partial charge < -0.3 is 4.74 Å². The van der Waals surface area contributed by atoms with Crippen LogP contribution in [-0.4, -0.2) is 12.5 Å². The first kappa shape index (κ1) is 22.8. The van der Waals surface area contributed by atoms with E-state index < -0.39 is 12.5 Å². The molecule has 1 aromatic carbocycles. The number of allylic oxidation sites excluding steroid dienone is 4. The molecule has 0 amide bonds. The molecule has 3 heteroatoms. The first-order chi connectivity index (χ1) is 13.6. The molecule has 1 fully saturated rings. The highest BCUT2D eigenvalue weighted by Crippen LogP contribution is 2.36. The lowest BCUT2D eigenvalue weighted by Gasteiger charge is -2.33. The van der Waals surface area contributed by atoms with Gasteiger partial charge in [-0.1, -0.05) is 61.4 Å². The van der Waals surface area contributed by atoms with E-state index in [0.29, 0.717) is 5.92 Å². The zero-order valence-corrected chi connectivity index (χ0v) is 17.5. The zero-order valence-electron chi connectivity index (χ0n) is 17.5. The van der Waals surface area contributed by atoms with Crippen molar-refractivity contribution in [3.8, 4) is 0 Å². The number of halogens is 2. The molecule has 1 aromatic rings. The maximum atomic E-state index is 13.6. The largest absolute Gasteiger partial charge is 0.367 e. The van der Waals surface area contributed by atoms with Crippen LogP contribution in [0.4, 0.5) is 8.78 Å². The summed E-state index contributed by atoms with van der Waals surface area (Å²) >= 11 is 0. The molecule has 0 heterocycles. The highest BCUT2D eigenvalue weighted by atomic mass is 19.3. The maximum absolute atomic E-state index is 13.6. The Balaban J connectivity index is 1.80. The molecule has 0 N–H and O–H groups in total. The number of hydrogen-bond donors (Lipinski definition) is 0. The predicted molar refractivity (Wildman–Crippen MR) is 114 cm³/mol. The number of benzene rings is 1. The lowest BCUT2D eigenvalue weighted by atomic mass is 9.77. The monoisotopic (exact) mass is 390 g/mol. The Morgan fingerprint density at radius 2 is 1.54 bits per heavy atom. The summed E-state index contributed by atoms with van der Waals surface area (Å²) in [6, 6.07) is 8.17. The fourth-order valence-corrected chi connectivity index (χ4v) is 4.13. The second kappa shape index (κ2) is 12.9. The van der Waals surface area contributed by atoms with Crippen LogP contribution in [0.25, 0.3) is 0 Å². The lowest BCUT2D eigenvalue weighted by Crippen LogP contribution is -2.34. The van der Waals surface area contributed by atoms with Gasteiger partial charge in [0.15, 0.2) is 0 Å². The highest BCUT2D eigenvalue weighted by molar-refractivity contribution is 5.22. The molecule has 1 aliphatic rings. The van der Waals surface area contributed by atoms with Gasteiger partial charge in [-0.15, -0.1) is 0 Å². The van der Waals surface area contributed by atoms with Crippen LogP contribution >= 0.6 is 0 Å². The molecule has 28 heavy (non-hydrogen) atoms. The maximum Gasteiger partial charge on any atom is 0.264 e. The summed E-state index contributed by atoms with van der Waals surface area (Å²) in [5.41, 5.74) is 2.24. The second-order valence-corrected chi connectivity index (χ2v) is 7.96. The quantitative estimate of drug-likeness (QED) is 0.355. The molecule has 0 bridgehead atoms. The number of aryl methyl sites for hydroxylation is 1. The van der Waals surface area contributed by atoms with Crippen LogP contribution in [0.5, 0.6) is 0 Å². The van der Waals surface area contributed by atoms with Gasteiger partial charge in [0.05, 0.1) is 6.61 Å². The van der Waals surface area contributed by atoms with Gasteiger partial charge in [-0.2, -0.15) is 0 Å². The van der Waals surface area contributed by atoms with Gasteiger partial charge in [0, 0.05) is 0 Å². The van der Waals surface area contributed by atoms with Crippen LogP contribution in [0.15, 0.2) is 48.6 Å². The molecule has 1 aliphatic carbocycles. The first-order valence-corrected chi connectivity index (χ1v) is 10.8. The van der Waals surface area contributed by atoms with Crippen LogP contribution in [0.3, 0.4) is 0 Å². The van der Waals surface area contributed by atoms with Crippen molar-refractivity contribution in [2.45, 2.75) is 84.4 Å². The van der Waals surface area contributed by atoms with E-state index in [4.69, 9.17) is 4.74 Å². The minimum atomic E-state index is -2.41. The lowest BCUT2D eigenvalue weighted by molar-refractivity contribution is -0.102. The van der Waals surface area contributed by atoms with Crippen molar-refractivity contribution in [1.82, 2.24) is 0 Å². The van der Waals surface area contributed by atoms with Gasteiger partial charge in [-0.05, 0) is 75.3 Å². The molecule has 2 rings (SSSR count). The van der Waals surface area contributed by atoms with Gasteiger partial charge >= 0.3 is 0 Å². The van der Waals surface area contributed by atoms with E-state index in [0.717, 1.165) is 50.5 Å². The molecule has 0 aliphatic heterocycles. The Morgan fingerprint density at radius 3 is 2.14 bits per heavy atom. The van der Waals surface area contributed by atoms with E-state index in [9.17, 15) is 8.78 Å². The number of hydrogen-bond acceptors (Lipinski definition) is 1. The summed E-state index contributed by atoms with van der Waals surface area (Å²) in [6.07, 6.45) is 13.3. The average Bonchev–Trinajstić information content (AvgIpc) is 2.70. The number of ether oxygens (including phenoxy) is 1. The third kappa shape index (κ3) is 7.87. The molecular formula is C25H36F2O. The second-order valence-electron chi connectivity index (χ2n) is 7.96. The van der Waals surface area contributed by atoms with Crippen molar-refractivity contribution in [3.05, 3.63) is 59.7 Å². The molecule has 0 spiro atoms. The summed E-state index contributed by atoms with van der Waals surface area (Å²) in [5.74, 6) is 0.666. The van der Waals surface area contributed by atoms with Crippen molar-refractivity contribution in [3.63, 3.8) is 0 Å². The van der Waals surface area contributed by atoms with E-state index in [1.165, 1.54) is 12.0 Å². The van der Waals surface area contributed by atoms with Gasteiger partial charge in [-0.3, -0.25) is 0 Å². The van der Waals surface area contributed by atoms with E-state index in [1.54, 1.807) is 0 Å². The van der Waals surface area contributed by atoms with Crippen LogP contribution in [0.2, 0.25) is 0 Å². The molecule has 1 unspecified atom stereocenters. The third-order valence-corrected chi connectivity index (χ3v) is 5.88. The van der Waals surface area contributed by atoms with Crippen molar-refractivity contribution in [2.24, 2.45) is 11.8 Å². The van der Waals surface area contributed by atoms with Crippen molar-refractivity contribution < 1.29 is 13.5 Å². The van der Waals surface area contributed by atoms with Crippen molar-refractivity contribution in [1.29, 1.82) is 0 Å². The normalized spacial score (nSPS) is 21.8. The summed E-state index contributed by atoms with van der Waals surface area (Å²) in [7, 11) is 0. The fraction of sp³-hybridized carbons (Fsp3) is 0.600. The smallest absolute Gasteiger partial charge is 0.264 e. The Bertz CT molecular complexity index is 583. The molecule has 1 saturated carbocycles. The Morgan fingerprint density at radius 1 is 0.929 bits per heavy atom. The summed E-state index contributed by atoms with van der Waals surface area (Å²) < 4.78 is 33.0. The number of rotatable bonds is 11. The predicted octanol–water partition coefficient (Wildman–Crippen LogP) is 7.51. The fourth-order valence-electron chi connectivity index (χ4n) is 4.13. The van der Waals surface area contributed by atoms with Crippen LogP contribution in [-0.2, 0) is 17.8 Å².